The van der Waals surface area contributed by atoms with Crippen molar-refractivity contribution >= 4 is 33.4 Å². The average molecular weight is 303 g/mol. The maximum atomic E-state index is 12.6. The molecule has 0 fully saturated rings. The number of anilines is 1. The van der Waals surface area contributed by atoms with Gasteiger partial charge in [0.15, 0.2) is 0 Å². The van der Waals surface area contributed by atoms with Gasteiger partial charge in [-0.05, 0) is 12.1 Å². The van der Waals surface area contributed by atoms with Crippen LogP contribution >= 0.6 is 0 Å². The molecule has 2 aromatic heterocycles. The van der Waals surface area contributed by atoms with Crippen molar-refractivity contribution in [1.82, 2.24) is 9.97 Å². The van der Waals surface area contributed by atoms with E-state index in [2.05, 4.69) is 15.3 Å². The minimum atomic E-state index is -0.308. The van der Waals surface area contributed by atoms with Gasteiger partial charge in [-0.3, -0.25) is 9.59 Å². The van der Waals surface area contributed by atoms with Crippen molar-refractivity contribution in [2.45, 2.75) is 0 Å². The third-order valence-electron chi connectivity index (χ3n) is 3.83. The van der Waals surface area contributed by atoms with Gasteiger partial charge < -0.3 is 15.3 Å². The normalized spacial score (nSPS) is 11.0. The molecule has 0 spiro atoms. The number of aromatic nitrogens is 2. The molecule has 0 saturated carbocycles. The van der Waals surface area contributed by atoms with Crippen LogP contribution in [0.2, 0.25) is 0 Å². The van der Waals surface area contributed by atoms with Gasteiger partial charge in [-0.15, -0.1) is 0 Å². The highest BCUT2D eigenvalue weighted by Crippen LogP contribution is 2.24. The minimum Gasteiger partial charge on any atom is -0.359 e. The lowest BCUT2D eigenvalue weighted by molar-refractivity contribution is 0.102. The third kappa shape index (κ3) is 2.28. The lowest BCUT2D eigenvalue weighted by Crippen LogP contribution is -2.16. The molecule has 0 unspecified atom stereocenters. The number of pyridine rings is 1. The van der Waals surface area contributed by atoms with Crippen LogP contribution in [0.4, 0.5) is 5.69 Å². The van der Waals surface area contributed by atoms with Crippen molar-refractivity contribution in [3.8, 4) is 0 Å². The third-order valence-corrected chi connectivity index (χ3v) is 3.83. The minimum absolute atomic E-state index is 0.298. The van der Waals surface area contributed by atoms with Gasteiger partial charge in [-0.25, -0.2) is 0 Å². The Kier molecular flexibility index (Phi) is 2.98. The van der Waals surface area contributed by atoms with Gasteiger partial charge in [-0.2, -0.15) is 0 Å². The van der Waals surface area contributed by atoms with Gasteiger partial charge >= 0.3 is 0 Å². The summed E-state index contributed by atoms with van der Waals surface area (Å²) in [5.41, 5.74) is 2.33. The van der Waals surface area contributed by atoms with E-state index in [4.69, 9.17) is 0 Å². The van der Waals surface area contributed by atoms with Gasteiger partial charge in [0, 0.05) is 34.1 Å². The van der Waals surface area contributed by atoms with E-state index in [-0.39, 0.29) is 11.5 Å². The van der Waals surface area contributed by atoms with Crippen LogP contribution in [0.15, 0.2) is 65.6 Å². The zero-order chi connectivity index (χ0) is 15.8. The van der Waals surface area contributed by atoms with E-state index in [0.29, 0.717) is 22.2 Å². The lowest BCUT2D eigenvalue weighted by atomic mass is 10.1. The van der Waals surface area contributed by atoms with Crippen LogP contribution < -0.4 is 10.9 Å². The fourth-order valence-corrected chi connectivity index (χ4v) is 2.76. The molecule has 4 aromatic rings. The molecule has 1 amide bonds. The predicted octanol–water partition coefficient (Wildman–Crippen LogP) is 3.26. The fourth-order valence-electron chi connectivity index (χ4n) is 2.76. The van der Waals surface area contributed by atoms with Crippen LogP contribution in [0.3, 0.4) is 0 Å². The Morgan fingerprint density at radius 1 is 0.913 bits per heavy atom. The first kappa shape index (κ1) is 13.3. The van der Waals surface area contributed by atoms with Crippen LogP contribution in [-0.2, 0) is 0 Å². The van der Waals surface area contributed by atoms with E-state index in [0.717, 1.165) is 10.9 Å². The second kappa shape index (κ2) is 5.14. The number of hydrogen-bond donors (Lipinski definition) is 3. The second-order valence-electron chi connectivity index (χ2n) is 5.29. The van der Waals surface area contributed by atoms with Crippen molar-refractivity contribution in [3.05, 3.63) is 76.7 Å². The molecule has 0 aliphatic heterocycles. The molecule has 5 nitrogen and oxygen atoms in total. The number of benzene rings is 2. The fraction of sp³-hybridized carbons (Fsp3) is 0. The first-order chi connectivity index (χ1) is 11.2. The Bertz CT molecular complexity index is 1090. The van der Waals surface area contributed by atoms with Gasteiger partial charge in [0.1, 0.15) is 0 Å². The summed E-state index contributed by atoms with van der Waals surface area (Å²) in [5.74, 6) is -0.308. The number of fused-ring (bicyclic) bond motifs is 2. The molecule has 23 heavy (non-hydrogen) atoms. The average Bonchev–Trinajstić information content (AvgIpc) is 2.97. The zero-order valence-electron chi connectivity index (χ0n) is 12.1. The number of rotatable bonds is 2. The number of H-pyrrole nitrogens is 2. The van der Waals surface area contributed by atoms with E-state index in [9.17, 15) is 9.59 Å². The summed E-state index contributed by atoms with van der Waals surface area (Å²) in [7, 11) is 0. The molecule has 0 saturated heterocycles. The molecule has 0 aliphatic carbocycles. The molecule has 2 heterocycles. The summed E-state index contributed by atoms with van der Waals surface area (Å²) in [6.45, 7) is 0. The van der Waals surface area contributed by atoms with Crippen molar-refractivity contribution < 1.29 is 4.79 Å². The lowest BCUT2D eigenvalue weighted by Gasteiger charge is -2.07. The summed E-state index contributed by atoms with van der Waals surface area (Å²) in [6, 6.07) is 16.3. The molecule has 112 valence electrons. The topological polar surface area (TPSA) is 77.8 Å². The number of nitrogens with one attached hydrogen (secondary N) is 3. The largest absolute Gasteiger partial charge is 0.359 e. The molecule has 3 N–H and O–H groups in total. The summed E-state index contributed by atoms with van der Waals surface area (Å²) in [4.78, 5) is 30.3. The molecule has 5 heteroatoms. The Labute approximate surface area is 131 Å². The number of para-hydroxylation sites is 2. The highest BCUT2D eigenvalue weighted by atomic mass is 16.2. The highest BCUT2D eigenvalue weighted by molar-refractivity contribution is 6.14. The molecule has 0 bridgehead atoms. The van der Waals surface area contributed by atoms with Crippen molar-refractivity contribution in [2.75, 3.05) is 5.32 Å². The molecule has 0 radical (unpaired) electrons. The number of carbonyl (C=O) groups excluding carboxylic acids is 1. The summed E-state index contributed by atoms with van der Waals surface area (Å²) in [5, 5.41) is 4.52. The van der Waals surface area contributed by atoms with E-state index >= 15 is 0 Å². The molecule has 0 aliphatic rings. The van der Waals surface area contributed by atoms with Crippen LogP contribution in [0.1, 0.15) is 10.4 Å². The second-order valence-corrected chi connectivity index (χ2v) is 5.29. The molecule has 0 atom stereocenters. The molecule has 4 rings (SSSR count). The van der Waals surface area contributed by atoms with Crippen LogP contribution in [-0.4, -0.2) is 15.9 Å². The first-order valence-electron chi connectivity index (χ1n) is 7.22. The monoisotopic (exact) mass is 303 g/mol. The van der Waals surface area contributed by atoms with Crippen molar-refractivity contribution in [1.29, 1.82) is 0 Å². The smallest absolute Gasteiger partial charge is 0.256 e. The van der Waals surface area contributed by atoms with E-state index in [1.807, 2.05) is 42.5 Å². The van der Waals surface area contributed by atoms with Crippen LogP contribution in [0, 0.1) is 0 Å². The van der Waals surface area contributed by atoms with Gasteiger partial charge in [0.05, 0.1) is 11.3 Å². The quantitative estimate of drug-likeness (QED) is 0.531. The van der Waals surface area contributed by atoms with Gasteiger partial charge in [0.25, 0.3) is 5.91 Å². The summed E-state index contributed by atoms with van der Waals surface area (Å²) in [6.07, 6.45) is 1.75. The highest BCUT2D eigenvalue weighted by Gasteiger charge is 2.13. The van der Waals surface area contributed by atoms with Gasteiger partial charge in [-0.1, -0.05) is 36.4 Å². The van der Waals surface area contributed by atoms with E-state index in [1.165, 1.54) is 6.07 Å². The Morgan fingerprint density at radius 2 is 1.61 bits per heavy atom. The predicted molar refractivity (Wildman–Crippen MR) is 90.8 cm³/mol. The summed E-state index contributed by atoms with van der Waals surface area (Å²) < 4.78 is 0. The van der Waals surface area contributed by atoms with Crippen molar-refractivity contribution in [3.63, 3.8) is 0 Å². The SMILES string of the molecule is O=C(Nc1c[nH]c2ccccc12)c1cc(=O)[nH]c2ccccc12. The van der Waals surface area contributed by atoms with E-state index in [1.54, 1.807) is 12.3 Å². The number of hydrogen-bond acceptors (Lipinski definition) is 2. The Hall–Kier alpha value is -3.34. The van der Waals surface area contributed by atoms with Crippen LogP contribution in [0.5, 0.6) is 0 Å². The maximum Gasteiger partial charge on any atom is 0.256 e. The molecular formula is C18H13N3O2. The number of carbonyl (C=O) groups is 1. The Balaban J connectivity index is 1.79. The number of aromatic amines is 2. The standard InChI is InChI=1S/C18H13N3O2/c22-17-9-13(11-5-1-4-8-15(11)20-17)18(23)21-16-10-19-14-7-3-2-6-12(14)16/h1-10,19H,(H,20,22)(H,21,23). The van der Waals surface area contributed by atoms with Gasteiger partial charge in [0.2, 0.25) is 5.56 Å². The van der Waals surface area contributed by atoms with Crippen molar-refractivity contribution in [2.24, 2.45) is 0 Å². The molecular weight excluding hydrogens is 290 g/mol. The zero-order valence-corrected chi connectivity index (χ0v) is 12.1. The molecule has 2 aromatic carbocycles. The Morgan fingerprint density at radius 3 is 2.43 bits per heavy atom. The number of amides is 1. The summed E-state index contributed by atoms with van der Waals surface area (Å²) >= 11 is 0. The maximum absolute atomic E-state index is 12.6. The first-order valence-corrected chi connectivity index (χ1v) is 7.22. The van der Waals surface area contributed by atoms with Crippen LogP contribution in [0.25, 0.3) is 21.8 Å². The van der Waals surface area contributed by atoms with E-state index < -0.39 is 0 Å².